The van der Waals surface area contributed by atoms with Gasteiger partial charge < -0.3 is 10.1 Å². The maximum absolute atomic E-state index is 12.9. The van der Waals surface area contributed by atoms with E-state index in [2.05, 4.69) is 11.4 Å². The average molecular weight is 407 g/mol. The Kier molecular flexibility index (Phi) is 6.62. The molecule has 0 spiro atoms. The van der Waals surface area contributed by atoms with E-state index in [9.17, 15) is 14.4 Å². The normalized spacial score (nSPS) is 10.9. The summed E-state index contributed by atoms with van der Waals surface area (Å²) in [5, 5.41) is 12.6. The van der Waals surface area contributed by atoms with Crippen molar-refractivity contribution in [2.24, 2.45) is 0 Å². The first-order chi connectivity index (χ1) is 14.0. The summed E-state index contributed by atoms with van der Waals surface area (Å²) in [5.41, 5.74) is 2.59. The third kappa shape index (κ3) is 5.93. The zero-order valence-electron chi connectivity index (χ0n) is 15.2. The Morgan fingerprint density at radius 3 is 2.31 bits per heavy atom. The van der Waals surface area contributed by atoms with Crippen LogP contribution in [0.1, 0.15) is 11.1 Å². The molecule has 0 aliphatic rings. The average Bonchev–Trinajstić information content (AvgIpc) is 2.74. The number of carbonyl (C=O) groups is 1. The number of hydrogen-bond donors (Lipinski definition) is 1. The Hall–Kier alpha value is -3.62. The number of nitriles is 1. The van der Waals surface area contributed by atoms with Crippen molar-refractivity contribution in [1.29, 1.82) is 5.26 Å². The fourth-order valence-electron chi connectivity index (χ4n) is 2.52. The Morgan fingerprint density at radius 2 is 1.69 bits per heavy atom. The van der Waals surface area contributed by atoms with Crippen LogP contribution in [-0.4, -0.2) is 12.5 Å². The van der Waals surface area contributed by atoms with E-state index >= 15 is 0 Å². The summed E-state index contributed by atoms with van der Waals surface area (Å²) in [6.07, 6.45) is 1.76. The van der Waals surface area contributed by atoms with E-state index in [-0.39, 0.29) is 18.3 Å². The van der Waals surface area contributed by atoms with Gasteiger partial charge in [0.1, 0.15) is 11.6 Å². The Balaban J connectivity index is 1.59. The van der Waals surface area contributed by atoms with Gasteiger partial charge in [0.25, 0.3) is 5.91 Å². The van der Waals surface area contributed by atoms with Crippen molar-refractivity contribution >= 4 is 34.8 Å². The highest BCUT2D eigenvalue weighted by atomic mass is 35.5. The van der Waals surface area contributed by atoms with Crippen LogP contribution in [0.3, 0.4) is 0 Å². The van der Waals surface area contributed by atoms with Gasteiger partial charge in [-0.2, -0.15) is 5.26 Å². The van der Waals surface area contributed by atoms with Crippen molar-refractivity contribution in [2.45, 2.75) is 0 Å². The number of carbonyl (C=O) groups excluding carboxylic acids is 1. The zero-order chi connectivity index (χ0) is 20.6. The Labute approximate surface area is 172 Å². The van der Waals surface area contributed by atoms with E-state index in [1.54, 1.807) is 54.6 Å². The van der Waals surface area contributed by atoms with Crippen LogP contribution in [-0.2, 0) is 4.79 Å². The molecule has 144 valence electrons. The van der Waals surface area contributed by atoms with E-state index in [0.29, 0.717) is 22.0 Å². The predicted molar refractivity (Wildman–Crippen MR) is 112 cm³/mol. The minimum Gasteiger partial charge on any atom is -0.484 e. The van der Waals surface area contributed by atoms with Crippen LogP contribution in [0.15, 0.2) is 72.8 Å². The molecule has 0 bridgehead atoms. The SMILES string of the molecule is N#C/C(=C/c1ccc(OCC(=O)Nc2ccc(F)cc2)cc1)c1ccc(Cl)cc1. The van der Waals surface area contributed by atoms with Crippen molar-refractivity contribution in [1.82, 2.24) is 0 Å². The van der Waals surface area contributed by atoms with Gasteiger partial charge in [-0.05, 0) is 65.7 Å². The fraction of sp³-hybridized carbons (Fsp3) is 0.0435. The summed E-state index contributed by atoms with van der Waals surface area (Å²) in [6.45, 7) is -0.180. The lowest BCUT2D eigenvalue weighted by molar-refractivity contribution is -0.118. The molecular weight excluding hydrogens is 391 g/mol. The second-order valence-corrected chi connectivity index (χ2v) is 6.53. The van der Waals surface area contributed by atoms with Crippen LogP contribution < -0.4 is 10.1 Å². The number of allylic oxidation sites excluding steroid dienone is 1. The molecule has 4 nitrogen and oxygen atoms in total. The molecule has 0 aromatic heterocycles. The molecule has 0 unspecified atom stereocenters. The first-order valence-electron chi connectivity index (χ1n) is 8.69. The van der Waals surface area contributed by atoms with Crippen molar-refractivity contribution in [3.8, 4) is 11.8 Å². The predicted octanol–water partition coefficient (Wildman–Crippen LogP) is 5.56. The first kappa shape index (κ1) is 20.1. The standard InChI is InChI=1S/C23H16ClFN2O2/c24-19-5-3-17(4-6-19)18(14-26)13-16-1-11-22(12-2-16)29-15-23(28)27-21-9-7-20(25)8-10-21/h1-13H,15H2,(H,27,28)/b18-13-. The van der Waals surface area contributed by atoms with Crippen molar-refractivity contribution < 1.29 is 13.9 Å². The summed E-state index contributed by atoms with van der Waals surface area (Å²) in [4.78, 5) is 11.9. The molecule has 6 heteroatoms. The molecule has 0 atom stereocenters. The second kappa shape index (κ2) is 9.54. The molecule has 0 heterocycles. The third-order valence-corrected chi connectivity index (χ3v) is 4.22. The molecule has 1 amide bonds. The lowest BCUT2D eigenvalue weighted by atomic mass is 10.0. The molecule has 0 aliphatic carbocycles. The molecule has 0 saturated carbocycles. The number of ether oxygens (including phenoxy) is 1. The summed E-state index contributed by atoms with van der Waals surface area (Å²) in [7, 11) is 0. The van der Waals surface area contributed by atoms with Crippen molar-refractivity contribution in [3.63, 3.8) is 0 Å². The lowest BCUT2D eigenvalue weighted by Gasteiger charge is -2.08. The molecule has 1 N–H and O–H groups in total. The number of anilines is 1. The van der Waals surface area contributed by atoms with Gasteiger partial charge in [0.05, 0.1) is 11.6 Å². The van der Waals surface area contributed by atoms with Crippen LogP contribution in [0.2, 0.25) is 5.02 Å². The smallest absolute Gasteiger partial charge is 0.262 e. The number of rotatable bonds is 6. The molecule has 0 aliphatic heterocycles. The highest BCUT2D eigenvalue weighted by Crippen LogP contribution is 2.21. The van der Waals surface area contributed by atoms with E-state index in [0.717, 1.165) is 11.1 Å². The van der Waals surface area contributed by atoms with Crippen LogP contribution in [0, 0.1) is 17.1 Å². The fourth-order valence-corrected chi connectivity index (χ4v) is 2.64. The largest absolute Gasteiger partial charge is 0.484 e. The van der Waals surface area contributed by atoms with Crippen LogP contribution in [0.5, 0.6) is 5.75 Å². The van der Waals surface area contributed by atoms with Crippen LogP contribution >= 0.6 is 11.6 Å². The van der Waals surface area contributed by atoms with E-state index in [4.69, 9.17) is 16.3 Å². The van der Waals surface area contributed by atoms with Gasteiger partial charge in [0, 0.05) is 10.7 Å². The van der Waals surface area contributed by atoms with E-state index < -0.39 is 0 Å². The number of nitrogens with one attached hydrogen (secondary N) is 1. The maximum Gasteiger partial charge on any atom is 0.262 e. The number of benzene rings is 3. The summed E-state index contributed by atoms with van der Waals surface area (Å²) in [5.74, 6) is -0.208. The van der Waals surface area contributed by atoms with E-state index in [1.165, 1.54) is 24.3 Å². The topological polar surface area (TPSA) is 62.1 Å². The second-order valence-electron chi connectivity index (χ2n) is 6.09. The lowest BCUT2D eigenvalue weighted by Crippen LogP contribution is -2.20. The van der Waals surface area contributed by atoms with Crippen LogP contribution in [0.4, 0.5) is 10.1 Å². The first-order valence-corrected chi connectivity index (χ1v) is 9.07. The third-order valence-electron chi connectivity index (χ3n) is 3.96. The molecule has 29 heavy (non-hydrogen) atoms. The summed E-state index contributed by atoms with van der Waals surface area (Å²) in [6, 6.07) is 21.7. The quantitative estimate of drug-likeness (QED) is 0.430. The molecule has 0 fully saturated rings. The molecule has 3 rings (SSSR count). The van der Waals surface area contributed by atoms with Crippen LogP contribution in [0.25, 0.3) is 11.6 Å². The molecule has 3 aromatic rings. The maximum atomic E-state index is 12.9. The van der Waals surface area contributed by atoms with Gasteiger partial charge in [0.2, 0.25) is 0 Å². The number of hydrogen-bond acceptors (Lipinski definition) is 3. The molecular formula is C23H16ClFN2O2. The number of amides is 1. The summed E-state index contributed by atoms with van der Waals surface area (Å²) >= 11 is 5.88. The summed E-state index contributed by atoms with van der Waals surface area (Å²) < 4.78 is 18.3. The van der Waals surface area contributed by atoms with Gasteiger partial charge in [-0.15, -0.1) is 0 Å². The van der Waals surface area contributed by atoms with Gasteiger partial charge >= 0.3 is 0 Å². The van der Waals surface area contributed by atoms with Crippen molar-refractivity contribution in [3.05, 3.63) is 94.8 Å². The Bertz CT molecular complexity index is 1050. The number of nitrogens with zero attached hydrogens (tertiary/aromatic N) is 1. The monoisotopic (exact) mass is 406 g/mol. The number of halogens is 2. The molecule has 0 saturated heterocycles. The van der Waals surface area contributed by atoms with Gasteiger partial charge in [-0.25, -0.2) is 4.39 Å². The van der Waals surface area contributed by atoms with Gasteiger partial charge in [-0.1, -0.05) is 35.9 Å². The highest BCUT2D eigenvalue weighted by molar-refractivity contribution is 6.30. The minimum atomic E-state index is -0.371. The highest BCUT2D eigenvalue weighted by Gasteiger charge is 2.05. The van der Waals surface area contributed by atoms with Gasteiger partial charge in [-0.3, -0.25) is 4.79 Å². The van der Waals surface area contributed by atoms with E-state index in [1.807, 2.05) is 0 Å². The Morgan fingerprint density at radius 1 is 1.03 bits per heavy atom. The van der Waals surface area contributed by atoms with Gasteiger partial charge in [0.15, 0.2) is 6.61 Å². The minimum absolute atomic E-state index is 0.180. The zero-order valence-corrected chi connectivity index (χ0v) is 16.0. The molecule has 3 aromatic carbocycles. The van der Waals surface area contributed by atoms with Crippen molar-refractivity contribution in [2.75, 3.05) is 11.9 Å². The molecule has 0 radical (unpaired) electrons.